The van der Waals surface area contributed by atoms with Crippen molar-refractivity contribution in [3.63, 3.8) is 0 Å². The molecule has 8 heavy (non-hydrogen) atoms. The van der Waals surface area contributed by atoms with Gasteiger partial charge >= 0.3 is 0 Å². The van der Waals surface area contributed by atoms with E-state index in [4.69, 9.17) is 0 Å². The van der Waals surface area contributed by atoms with Crippen LogP contribution in [0.5, 0.6) is 0 Å². The van der Waals surface area contributed by atoms with Gasteiger partial charge in [0, 0.05) is 3.92 Å². The van der Waals surface area contributed by atoms with Gasteiger partial charge in [0.25, 0.3) is 0 Å². The second-order valence-electron chi connectivity index (χ2n) is 1.66. The van der Waals surface area contributed by atoms with Gasteiger partial charge in [0.1, 0.15) is 0 Å². The molecule has 0 spiro atoms. The molecular weight excluding hydrogens is 279 g/mol. The molecule has 0 saturated heterocycles. The average molecular weight is 285 g/mol. The molecule has 1 rings (SSSR count). The summed E-state index contributed by atoms with van der Waals surface area (Å²) in [5, 5.41) is 0. The first-order valence-corrected chi connectivity index (χ1v) is 4.60. The third-order valence-corrected chi connectivity index (χ3v) is 2.40. The Morgan fingerprint density at radius 3 is 2.00 bits per heavy atom. The molecule has 0 aromatic carbocycles. The van der Waals surface area contributed by atoms with Gasteiger partial charge in [0.2, 0.25) is 0 Å². The van der Waals surface area contributed by atoms with Crippen LogP contribution >= 0.6 is 38.5 Å². The minimum Gasteiger partial charge on any atom is -0.0800 e. The first-order valence-electron chi connectivity index (χ1n) is 2.44. The molecule has 1 aliphatic rings. The molecule has 0 saturated carbocycles. The van der Waals surface area contributed by atoms with E-state index >= 15 is 0 Å². The minimum atomic E-state index is 0.466. The van der Waals surface area contributed by atoms with Crippen LogP contribution in [0.15, 0.2) is 24.3 Å². The largest absolute Gasteiger partial charge is 0.0800 e. The van der Waals surface area contributed by atoms with E-state index < -0.39 is 0 Å². The van der Waals surface area contributed by atoms with Crippen LogP contribution in [0.1, 0.15) is 0 Å². The van der Waals surface area contributed by atoms with E-state index in [-0.39, 0.29) is 0 Å². The fourth-order valence-electron chi connectivity index (χ4n) is 0.553. The van der Waals surface area contributed by atoms with Crippen molar-refractivity contribution in [3.8, 4) is 0 Å². The maximum absolute atomic E-state index is 3.44. The second-order valence-corrected chi connectivity index (χ2v) is 4.15. The van der Waals surface area contributed by atoms with Gasteiger partial charge in [-0.3, -0.25) is 0 Å². The van der Waals surface area contributed by atoms with Crippen molar-refractivity contribution in [2.45, 2.75) is 8.75 Å². The lowest BCUT2D eigenvalue weighted by atomic mass is 10.2. The highest BCUT2D eigenvalue weighted by Crippen LogP contribution is 2.15. The molecule has 1 aliphatic carbocycles. The number of hydrogen-bond acceptors (Lipinski definition) is 0. The summed E-state index contributed by atoms with van der Waals surface area (Å²) in [6, 6.07) is 0. The van der Waals surface area contributed by atoms with Crippen LogP contribution in [-0.2, 0) is 0 Å². The molecule has 0 fully saturated rings. The molecule has 0 radical (unpaired) electrons. The Morgan fingerprint density at radius 2 is 1.62 bits per heavy atom. The second kappa shape index (κ2) is 3.01. The predicted molar refractivity (Wildman–Crippen MR) is 48.8 cm³/mol. The van der Waals surface area contributed by atoms with E-state index in [0.717, 1.165) is 0 Å². The molecule has 0 heterocycles. The molecule has 0 unspecified atom stereocenters. The van der Waals surface area contributed by atoms with E-state index in [9.17, 15) is 0 Å². The normalized spacial score (nSPS) is 35.8. The third-order valence-electron chi connectivity index (χ3n) is 0.958. The first kappa shape index (κ1) is 6.81. The summed E-state index contributed by atoms with van der Waals surface area (Å²) in [5.41, 5.74) is 0. The van der Waals surface area contributed by atoms with Crippen molar-refractivity contribution in [3.05, 3.63) is 24.3 Å². The molecule has 0 atom stereocenters. The van der Waals surface area contributed by atoms with Crippen LogP contribution in [0.25, 0.3) is 0 Å². The zero-order valence-electron chi connectivity index (χ0n) is 4.22. The Hall–Kier alpha value is 0.690. The fraction of sp³-hybridized carbons (Fsp3) is 0.333. The smallest absolute Gasteiger partial charge is 0.0506 e. The summed E-state index contributed by atoms with van der Waals surface area (Å²) in [5.74, 6) is 0. The summed E-state index contributed by atoms with van der Waals surface area (Å²) in [4.78, 5) is 0.466. The van der Waals surface area contributed by atoms with Crippen molar-refractivity contribution < 1.29 is 0 Å². The highest BCUT2D eigenvalue weighted by molar-refractivity contribution is 14.1. The maximum atomic E-state index is 3.44. The van der Waals surface area contributed by atoms with Crippen LogP contribution in [0.4, 0.5) is 0 Å². The Balaban J connectivity index is 2.54. The van der Waals surface area contributed by atoms with Gasteiger partial charge in [-0.2, -0.15) is 0 Å². The van der Waals surface area contributed by atoms with Crippen molar-refractivity contribution in [2.75, 3.05) is 0 Å². The lowest BCUT2D eigenvalue weighted by Crippen LogP contribution is -1.97. The number of hydrogen-bond donors (Lipinski definition) is 0. The van der Waals surface area contributed by atoms with Crippen LogP contribution in [0.3, 0.4) is 0 Å². The quantitative estimate of drug-likeness (QED) is 0.364. The number of allylic oxidation sites excluding steroid dienone is 4. The van der Waals surface area contributed by atoms with Crippen molar-refractivity contribution in [1.82, 2.24) is 0 Å². The van der Waals surface area contributed by atoms with Gasteiger partial charge in [-0.05, 0) is 0 Å². The van der Waals surface area contributed by atoms with Gasteiger partial charge in [0.05, 0.1) is 4.83 Å². The van der Waals surface area contributed by atoms with E-state index in [1.54, 1.807) is 0 Å². The van der Waals surface area contributed by atoms with Gasteiger partial charge in [0.15, 0.2) is 0 Å². The number of rotatable bonds is 0. The van der Waals surface area contributed by atoms with Crippen molar-refractivity contribution in [2.24, 2.45) is 0 Å². The lowest BCUT2D eigenvalue weighted by molar-refractivity contribution is 1.30. The molecule has 2 heteroatoms. The summed E-state index contributed by atoms with van der Waals surface area (Å²) in [6.07, 6.45) is 8.66. The predicted octanol–water partition coefficient (Wildman–Crippen LogP) is 2.68. The monoisotopic (exact) mass is 284 g/mol. The van der Waals surface area contributed by atoms with Crippen LogP contribution in [0.2, 0.25) is 0 Å². The van der Waals surface area contributed by atoms with E-state index in [0.29, 0.717) is 8.75 Å². The van der Waals surface area contributed by atoms with Crippen LogP contribution in [-0.4, -0.2) is 8.75 Å². The molecule has 0 N–H and O–H groups in total. The average Bonchev–Trinajstić information content (AvgIpc) is 1.77. The van der Waals surface area contributed by atoms with Crippen LogP contribution < -0.4 is 0 Å². The molecule has 0 nitrogen and oxygen atoms in total. The van der Waals surface area contributed by atoms with Crippen molar-refractivity contribution in [1.29, 1.82) is 0 Å². The number of halogens is 2. The van der Waals surface area contributed by atoms with Gasteiger partial charge in [-0.1, -0.05) is 62.8 Å². The van der Waals surface area contributed by atoms with E-state index in [1.165, 1.54) is 0 Å². The highest BCUT2D eigenvalue weighted by Gasteiger charge is 2.00. The maximum Gasteiger partial charge on any atom is 0.0506 e. The zero-order valence-corrected chi connectivity index (χ0v) is 7.96. The van der Waals surface area contributed by atoms with Crippen molar-refractivity contribution >= 4 is 38.5 Å². The summed E-state index contributed by atoms with van der Waals surface area (Å²) in [7, 11) is 0. The Bertz CT molecular complexity index is 100. The molecule has 0 bridgehead atoms. The van der Waals surface area contributed by atoms with E-state index in [1.807, 2.05) is 0 Å². The first-order chi connectivity index (χ1) is 3.79. The van der Waals surface area contributed by atoms with Gasteiger partial charge < -0.3 is 0 Å². The summed E-state index contributed by atoms with van der Waals surface area (Å²) >= 11 is 5.81. The third kappa shape index (κ3) is 1.90. The highest BCUT2D eigenvalue weighted by atomic mass is 127. The standard InChI is InChI=1S/C6H6BrI/c7-5-1-3-6(8)4-2-5/h1-6H. The molecule has 0 amide bonds. The molecule has 44 valence electrons. The Kier molecular flexibility index (Phi) is 2.56. The molecule has 0 aromatic heterocycles. The molecule has 0 aliphatic heterocycles. The lowest BCUT2D eigenvalue weighted by Gasteiger charge is -2.04. The van der Waals surface area contributed by atoms with Gasteiger partial charge in [-0.25, -0.2) is 0 Å². The summed E-state index contributed by atoms with van der Waals surface area (Å²) < 4.78 is 0.599. The van der Waals surface area contributed by atoms with E-state index in [2.05, 4.69) is 62.8 Å². The molecular formula is C6H6BrI. The SMILES string of the molecule is BrC1C=CC(I)C=C1. The molecule has 0 aromatic rings. The minimum absolute atomic E-state index is 0.466. The Labute approximate surface area is 71.3 Å². The topological polar surface area (TPSA) is 0 Å². The fourth-order valence-corrected chi connectivity index (χ4v) is 1.38. The van der Waals surface area contributed by atoms with Gasteiger partial charge in [-0.15, -0.1) is 0 Å². The van der Waals surface area contributed by atoms with Crippen LogP contribution in [0, 0.1) is 0 Å². The number of alkyl halides is 2. The zero-order chi connectivity index (χ0) is 5.98. The summed E-state index contributed by atoms with van der Waals surface area (Å²) in [6.45, 7) is 0. The Morgan fingerprint density at radius 1 is 1.12 bits per heavy atom.